The second-order valence-corrected chi connectivity index (χ2v) is 13.8. The van der Waals surface area contributed by atoms with E-state index in [4.69, 9.17) is 9.79 Å². The molecule has 0 rings (SSSR count). The summed E-state index contributed by atoms with van der Waals surface area (Å²) in [6.07, 6.45) is 37.6. The maximum absolute atomic E-state index is 12.5. The van der Waals surface area contributed by atoms with E-state index in [1.165, 1.54) is 109 Å². The molecule has 0 saturated carbocycles. The number of aliphatic hydroxyl groups excluding tert-OH is 1. The Labute approximate surface area is 271 Å². The lowest BCUT2D eigenvalue weighted by Gasteiger charge is -2.22. The summed E-state index contributed by atoms with van der Waals surface area (Å²) in [5.74, 6) is -0.236. The molecule has 0 saturated heterocycles. The fourth-order valence-electron chi connectivity index (χ4n) is 5.33. The van der Waals surface area contributed by atoms with Crippen molar-refractivity contribution < 1.29 is 28.8 Å². The molecule has 44 heavy (non-hydrogen) atoms. The van der Waals surface area contributed by atoms with Gasteiger partial charge in [0.25, 0.3) is 0 Å². The summed E-state index contributed by atoms with van der Waals surface area (Å²) in [5, 5.41) is 13.3. The Morgan fingerprint density at radius 1 is 0.636 bits per heavy atom. The number of phosphoric acid groups is 1. The Kier molecular flexibility index (Phi) is 31.3. The van der Waals surface area contributed by atoms with Crippen LogP contribution in [0.4, 0.5) is 0 Å². The van der Waals surface area contributed by atoms with E-state index >= 15 is 0 Å². The third-order valence-electron chi connectivity index (χ3n) is 8.15. The fraction of sp³-hybridized carbons (Fsp3) is 0.861. The van der Waals surface area contributed by atoms with Crippen LogP contribution in [0.25, 0.3) is 0 Å². The van der Waals surface area contributed by atoms with E-state index in [1.54, 1.807) is 6.08 Å². The van der Waals surface area contributed by atoms with Gasteiger partial charge in [-0.25, -0.2) is 4.57 Å². The summed E-state index contributed by atoms with van der Waals surface area (Å²) < 4.78 is 15.8. The van der Waals surface area contributed by atoms with Gasteiger partial charge in [0.15, 0.2) is 0 Å². The van der Waals surface area contributed by atoms with E-state index in [0.29, 0.717) is 6.42 Å². The van der Waals surface area contributed by atoms with Crippen LogP contribution >= 0.6 is 7.82 Å². The highest BCUT2D eigenvalue weighted by molar-refractivity contribution is 7.46. The van der Waals surface area contributed by atoms with Gasteiger partial charge in [0, 0.05) is 6.42 Å². The number of rotatable bonds is 33. The molecule has 0 aromatic rings. The number of unbranched alkanes of at least 4 members (excludes halogenated alkanes) is 22. The monoisotopic (exact) mass is 643 g/mol. The quantitative estimate of drug-likeness (QED) is 0.0321. The minimum Gasteiger partial charge on any atom is -0.387 e. The van der Waals surface area contributed by atoms with Crippen LogP contribution < -0.4 is 5.32 Å². The van der Waals surface area contributed by atoms with Gasteiger partial charge in [-0.3, -0.25) is 9.32 Å². The van der Waals surface area contributed by atoms with Crippen LogP contribution in [0.1, 0.15) is 181 Å². The number of allylic oxidation sites excluding steroid dienone is 3. The average molecular weight is 644 g/mol. The van der Waals surface area contributed by atoms with Gasteiger partial charge in [0.1, 0.15) is 0 Å². The Hall–Kier alpha value is -0.980. The first-order valence-corrected chi connectivity index (χ1v) is 19.8. The molecule has 8 heteroatoms. The standard InChI is InChI=1S/C36H70NO6P/c1-3-5-7-9-11-13-15-17-18-20-22-24-26-28-30-32-36(39)37-34(33-43-44(40,41)42)35(38)31-29-27-25-23-21-19-16-14-12-10-8-6-4-2/h17-18,29,31,34-35,38H,3-16,19-28,30,32-33H2,1-2H3,(H,37,39)(H2,40,41,42)/b18-17-,31-29+/t34-,35?/m0/s1. The van der Waals surface area contributed by atoms with E-state index in [0.717, 1.165) is 51.4 Å². The molecule has 1 amide bonds. The van der Waals surface area contributed by atoms with Crippen LogP contribution in [0.2, 0.25) is 0 Å². The lowest BCUT2D eigenvalue weighted by Crippen LogP contribution is -2.45. The summed E-state index contributed by atoms with van der Waals surface area (Å²) >= 11 is 0. The summed E-state index contributed by atoms with van der Waals surface area (Å²) in [6, 6.07) is -0.910. The number of aliphatic hydroxyl groups is 1. The molecule has 0 fully saturated rings. The van der Waals surface area contributed by atoms with Gasteiger partial charge in [0.05, 0.1) is 18.8 Å². The van der Waals surface area contributed by atoms with E-state index in [2.05, 4.69) is 35.8 Å². The van der Waals surface area contributed by atoms with E-state index in [-0.39, 0.29) is 5.91 Å². The zero-order valence-electron chi connectivity index (χ0n) is 28.6. The van der Waals surface area contributed by atoms with E-state index in [1.807, 2.05) is 6.08 Å². The third-order valence-corrected chi connectivity index (χ3v) is 8.64. The average Bonchev–Trinajstić information content (AvgIpc) is 2.99. The predicted molar refractivity (Wildman–Crippen MR) is 186 cm³/mol. The zero-order chi connectivity index (χ0) is 32.6. The number of amides is 1. The van der Waals surface area contributed by atoms with Crippen LogP contribution in [0.5, 0.6) is 0 Å². The van der Waals surface area contributed by atoms with E-state index < -0.39 is 26.6 Å². The molecule has 260 valence electrons. The number of hydrogen-bond acceptors (Lipinski definition) is 4. The number of phosphoric ester groups is 1. The SMILES string of the molecule is CCCCCCCC/C=C\CCCCCCCC(=O)N[C@@H](COP(=O)(O)O)C(O)/C=C/CCCCCCCCCCCCC. The van der Waals surface area contributed by atoms with Gasteiger partial charge in [-0.15, -0.1) is 0 Å². The largest absolute Gasteiger partial charge is 0.469 e. The first-order valence-electron chi connectivity index (χ1n) is 18.3. The van der Waals surface area contributed by atoms with Crippen molar-refractivity contribution in [3.8, 4) is 0 Å². The van der Waals surface area contributed by atoms with Crippen molar-refractivity contribution in [3.05, 3.63) is 24.3 Å². The molecule has 7 nitrogen and oxygen atoms in total. The Morgan fingerprint density at radius 3 is 1.45 bits per heavy atom. The van der Waals surface area contributed by atoms with Gasteiger partial charge in [-0.05, 0) is 44.9 Å². The molecule has 1 unspecified atom stereocenters. The highest BCUT2D eigenvalue weighted by Crippen LogP contribution is 2.35. The molecular weight excluding hydrogens is 573 g/mol. The Bertz CT molecular complexity index is 738. The second-order valence-electron chi connectivity index (χ2n) is 12.5. The topological polar surface area (TPSA) is 116 Å². The number of hydrogen-bond donors (Lipinski definition) is 4. The molecule has 0 spiro atoms. The van der Waals surface area contributed by atoms with Crippen LogP contribution in [-0.4, -0.2) is 39.6 Å². The van der Waals surface area contributed by atoms with Crippen molar-refractivity contribution >= 4 is 13.7 Å². The fourth-order valence-corrected chi connectivity index (χ4v) is 5.69. The number of carbonyl (C=O) groups excluding carboxylic acids is 1. The summed E-state index contributed by atoms with van der Waals surface area (Å²) in [5.41, 5.74) is 0. The lowest BCUT2D eigenvalue weighted by atomic mass is 10.0. The number of nitrogens with one attached hydrogen (secondary N) is 1. The van der Waals surface area contributed by atoms with E-state index in [9.17, 15) is 14.5 Å². The van der Waals surface area contributed by atoms with Crippen molar-refractivity contribution in [2.24, 2.45) is 0 Å². The first kappa shape index (κ1) is 43.0. The first-order chi connectivity index (χ1) is 21.3. The van der Waals surface area contributed by atoms with Gasteiger partial charge < -0.3 is 20.2 Å². The number of carbonyl (C=O) groups is 1. The molecule has 0 aliphatic heterocycles. The predicted octanol–water partition coefficient (Wildman–Crippen LogP) is 10.2. The van der Waals surface area contributed by atoms with Gasteiger partial charge in [0.2, 0.25) is 5.91 Å². The van der Waals surface area contributed by atoms with Gasteiger partial charge in [-0.2, -0.15) is 0 Å². The lowest BCUT2D eigenvalue weighted by molar-refractivity contribution is -0.123. The molecule has 0 heterocycles. The van der Waals surface area contributed by atoms with Crippen LogP contribution in [0, 0.1) is 0 Å². The van der Waals surface area contributed by atoms with Crippen molar-refractivity contribution in [3.63, 3.8) is 0 Å². The maximum Gasteiger partial charge on any atom is 0.469 e. The summed E-state index contributed by atoms with van der Waals surface area (Å²) in [6.45, 7) is 4.04. The molecule has 4 N–H and O–H groups in total. The second kappa shape index (κ2) is 32.0. The van der Waals surface area contributed by atoms with Crippen molar-refractivity contribution in [2.75, 3.05) is 6.61 Å². The van der Waals surface area contributed by atoms with Crippen LogP contribution in [-0.2, 0) is 13.9 Å². The van der Waals surface area contributed by atoms with Crippen molar-refractivity contribution in [1.82, 2.24) is 5.32 Å². The maximum atomic E-state index is 12.5. The third kappa shape index (κ3) is 32.4. The van der Waals surface area contributed by atoms with Gasteiger partial charge in [-0.1, -0.05) is 154 Å². The minimum absolute atomic E-state index is 0.236. The molecular formula is C36H70NO6P. The highest BCUT2D eigenvalue weighted by atomic mass is 31.2. The summed E-state index contributed by atoms with van der Waals surface area (Å²) in [7, 11) is -4.71. The molecule has 0 aromatic carbocycles. The zero-order valence-corrected chi connectivity index (χ0v) is 29.5. The van der Waals surface area contributed by atoms with Crippen molar-refractivity contribution in [1.29, 1.82) is 0 Å². The Balaban J connectivity index is 4.07. The van der Waals surface area contributed by atoms with Crippen LogP contribution in [0.15, 0.2) is 24.3 Å². The van der Waals surface area contributed by atoms with Crippen molar-refractivity contribution in [2.45, 2.75) is 193 Å². The molecule has 0 aliphatic rings. The van der Waals surface area contributed by atoms with Crippen LogP contribution in [0.3, 0.4) is 0 Å². The molecule has 2 atom stereocenters. The molecule has 0 aromatic heterocycles. The minimum atomic E-state index is -4.71. The Morgan fingerprint density at radius 2 is 1.02 bits per heavy atom. The smallest absolute Gasteiger partial charge is 0.387 e. The summed E-state index contributed by atoms with van der Waals surface area (Å²) in [4.78, 5) is 30.7. The normalized spacial score (nSPS) is 13.7. The molecule has 0 bridgehead atoms. The molecule has 0 radical (unpaired) electrons. The molecule has 0 aliphatic carbocycles. The van der Waals surface area contributed by atoms with Gasteiger partial charge >= 0.3 is 7.82 Å². The highest BCUT2D eigenvalue weighted by Gasteiger charge is 2.24.